The van der Waals surface area contributed by atoms with E-state index in [1.807, 2.05) is 24.5 Å². The maximum atomic E-state index is 4.54. The molecule has 0 amide bonds. The maximum absolute atomic E-state index is 4.54. The third-order valence-corrected chi connectivity index (χ3v) is 5.04. The third kappa shape index (κ3) is 3.52. The van der Waals surface area contributed by atoms with E-state index in [0.29, 0.717) is 0 Å². The van der Waals surface area contributed by atoms with E-state index in [0.717, 1.165) is 11.0 Å². The Balaban J connectivity index is 0.000000934. The van der Waals surface area contributed by atoms with Gasteiger partial charge in [0.25, 0.3) is 0 Å². The van der Waals surface area contributed by atoms with E-state index in [-0.39, 0.29) is 61.2 Å². The number of rotatable bonds is 1. The molecule has 3 aromatic carbocycles. The minimum Gasteiger partial charge on any atom is -0.358 e. The van der Waals surface area contributed by atoms with Crippen LogP contribution in [0, 0.1) is 27.3 Å². The second-order valence-electron chi connectivity index (χ2n) is 6.58. The molecule has 0 aliphatic heterocycles. The van der Waals surface area contributed by atoms with Gasteiger partial charge in [-0.1, -0.05) is 35.7 Å². The van der Waals surface area contributed by atoms with Gasteiger partial charge in [-0.15, -0.1) is 29.7 Å². The van der Waals surface area contributed by atoms with E-state index < -0.39 is 0 Å². The van der Waals surface area contributed by atoms with Crippen molar-refractivity contribution in [1.82, 2.24) is 9.38 Å². The van der Waals surface area contributed by atoms with Gasteiger partial charge in [0, 0.05) is 50.6 Å². The second kappa shape index (κ2) is 8.99. The van der Waals surface area contributed by atoms with Gasteiger partial charge in [-0.05, 0) is 47.6 Å². The van der Waals surface area contributed by atoms with E-state index in [1.165, 1.54) is 38.5 Å². The van der Waals surface area contributed by atoms with E-state index in [4.69, 9.17) is 0 Å². The molecule has 0 aliphatic rings. The molecule has 28 heavy (non-hydrogen) atoms. The molecular formula is C24H20N2PtY. The van der Waals surface area contributed by atoms with Crippen molar-refractivity contribution in [3.8, 4) is 11.1 Å². The first kappa shape index (κ1) is 22.9. The van der Waals surface area contributed by atoms with Gasteiger partial charge in [0.2, 0.25) is 0 Å². The summed E-state index contributed by atoms with van der Waals surface area (Å²) in [6.45, 7) is 4.36. The first-order valence-electron chi connectivity index (χ1n) is 8.50. The number of imidazole rings is 1. The fourth-order valence-corrected chi connectivity index (χ4v) is 3.92. The number of fused-ring (bicyclic) bond motifs is 6. The fraction of sp³-hybridized carbons (Fsp3) is 0.0833. The van der Waals surface area contributed by atoms with E-state index in [2.05, 4.69) is 71.8 Å². The molecule has 0 fully saturated rings. The molecule has 2 nitrogen and oxygen atoms in total. The van der Waals surface area contributed by atoms with Crippen LogP contribution in [-0.4, -0.2) is 9.38 Å². The number of hydrogen-bond donors (Lipinski definition) is 0. The Morgan fingerprint density at radius 1 is 0.929 bits per heavy atom. The standard InChI is InChI=1S/C23H17N2.CH3.Pt.Y/c1-15-6-5-7-16(2)22(15)17-10-11-21-20(14-17)18-8-3-4-9-19(18)23-24-12-13-25(21)23;;;/h3-8,10-14H,1-2H3;1H3;;/q2*-1;+2;. The Labute approximate surface area is 205 Å². The third-order valence-electron chi connectivity index (χ3n) is 5.04. The van der Waals surface area contributed by atoms with E-state index >= 15 is 0 Å². The summed E-state index contributed by atoms with van der Waals surface area (Å²) in [5, 5.41) is 3.50. The van der Waals surface area contributed by atoms with Crippen LogP contribution in [0.15, 0.2) is 67.0 Å². The monoisotopic (exact) mass is 620 g/mol. The average molecular weight is 620 g/mol. The summed E-state index contributed by atoms with van der Waals surface area (Å²) < 4.78 is 2.16. The van der Waals surface area contributed by atoms with Gasteiger partial charge in [0.05, 0.1) is 5.65 Å². The van der Waals surface area contributed by atoms with Crippen molar-refractivity contribution in [1.29, 1.82) is 0 Å². The Morgan fingerprint density at radius 3 is 2.43 bits per heavy atom. The molecule has 0 aliphatic carbocycles. The topological polar surface area (TPSA) is 17.3 Å². The first-order valence-corrected chi connectivity index (χ1v) is 8.50. The predicted molar refractivity (Wildman–Crippen MR) is 110 cm³/mol. The van der Waals surface area contributed by atoms with Gasteiger partial charge in [0.15, 0.2) is 0 Å². The summed E-state index contributed by atoms with van der Waals surface area (Å²) >= 11 is 0. The molecule has 0 N–H and O–H groups in total. The van der Waals surface area contributed by atoms with Gasteiger partial charge < -0.3 is 11.8 Å². The van der Waals surface area contributed by atoms with Gasteiger partial charge >= 0.3 is 21.1 Å². The zero-order valence-electron chi connectivity index (χ0n) is 16.1. The molecule has 5 aromatic rings. The maximum Gasteiger partial charge on any atom is 2.00 e. The number of aryl methyl sites for hydroxylation is 2. The van der Waals surface area contributed by atoms with Crippen LogP contribution in [0.1, 0.15) is 11.1 Å². The molecule has 2 heterocycles. The Kier molecular flexibility index (Phi) is 7.37. The summed E-state index contributed by atoms with van der Waals surface area (Å²) in [4.78, 5) is 4.54. The average Bonchev–Trinajstić information content (AvgIpc) is 3.12. The molecule has 4 heteroatoms. The fourth-order valence-electron chi connectivity index (χ4n) is 3.92. The summed E-state index contributed by atoms with van der Waals surface area (Å²) in [6, 6.07) is 22.7. The second-order valence-corrected chi connectivity index (χ2v) is 6.58. The molecule has 1 radical (unpaired) electrons. The van der Waals surface area contributed by atoms with Gasteiger partial charge in [-0.25, -0.2) is 0 Å². The molecule has 0 unspecified atom stereocenters. The molecular weight excluding hydrogens is 600 g/mol. The molecule has 0 spiro atoms. The molecule has 2 aromatic heterocycles. The number of aromatic nitrogens is 2. The zero-order chi connectivity index (χ0) is 17.0. The van der Waals surface area contributed by atoms with Crippen molar-refractivity contribution >= 4 is 27.3 Å². The van der Waals surface area contributed by atoms with Crippen LogP contribution >= 0.6 is 0 Å². The van der Waals surface area contributed by atoms with Crippen LogP contribution in [0.4, 0.5) is 0 Å². The SMILES string of the molecule is Cc1cccc(C)c1-c1ccc2c(c1)c1ccc[c-]c1c1nccn21.[CH3-].[Pt+2].[Y]. The van der Waals surface area contributed by atoms with Crippen molar-refractivity contribution in [2.45, 2.75) is 13.8 Å². The molecule has 0 saturated heterocycles. The molecule has 0 saturated carbocycles. The Bertz CT molecular complexity index is 1250. The summed E-state index contributed by atoms with van der Waals surface area (Å²) in [5.41, 5.74) is 7.33. The smallest absolute Gasteiger partial charge is 0.358 e. The minimum absolute atomic E-state index is 0. The van der Waals surface area contributed by atoms with Crippen LogP contribution in [0.3, 0.4) is 0 Å². The predicted octanol–water partition coefficient (Wildman–Crippen LogP) is 6.17. The normalized spacial score (nSPS) is 10.4. The number of nitrogens with zero attached hydrogens (tertiary/aromatic N) is 2. The van der Waals surface area contributed by atoms with E-state index in [9.17, 15) is 0 Å². The largest absolute Gasteiger partial charge is 2.00 e. The van der Waals surface area contributed by atoms with Crippen LogP contribution in [-0.2, 0) is 53.8 Å². The zero-order valence-corrected chi connectivity index (χ0v) is 21.2. The number of pyridine rings is 1. The Hall–Kier alpha value is -1.34. The van der Waals surface area contributed by atoms with Crippen molar-refractivity contribution in [2.24, 2.45) is 0 Å². The number of benzene rings is 3. The molecule has 5 rings (SSSR count). The minimum atomic E-state index is 0. The molecule has 0 bridgehead atoms. The van der Waals surface area contributed by atoms with Crippen LogP contribution < -0.4 is 0 Å². The summed E-state index contributed by atoms with van der Waals surface area (Å²) in [5.74, 6) is 0. The molecule has 139 valence electrons. The molecule has 0 atom stereocenters. The Morgan fingerprint density at radius 2 is 1.68 bits per heavy atom. The number of hydrogen-bond acceptors (Lipinski definition) is 1. The van der Waals surface area contributed by atoms with E-state index in [1.54, 1.807) is 0 Å². The van der Waals surface area contributed by atoms with Crippen molar-refractivity contribution in [3.63, 3.8) is 0 Å². The van der Waals surface area contributed by atoms with Crippen LogP contribution in [0.5, 0.6) is 0 Å². The van der Waals surface area contributed by atoms with Gasteiger partial charge in [-0.3, -0.25) is 4.98 Å². The summed E-state index contributed by atoms with van der Waals surface area (Å²) in [6.07, 6.45) is 3.88. The van der Waals surface area contributed by atoms with Gasteiger partial charge in [-0.2, -0.15) is 0 Å². The van der Waals surface area contributed by atoms with Crippen LogP contribution in [0.2, 0.25) is 0 Å². The van der Waals surface area contributed by atoms with Crippen LogP contribution in [0.25, 0.3) is 38.4 Å². The van der Waals surface area contributed by atoms with Crippen molar-refractivity contribution < 1.29 is 53.8 Å². The quantitative estimate of drug-likeness (QED) is 0.162. The first-order chi connectivity index (χ1) is 12.2. The summed E-state index contributed by atoms with van der Waals surface area (Å²) in [7, 11) is 0. The van der Waals surface area contributed by atoms with Gasteiger partial charge in [0.1, 0.15) is 0 Å². The van der Waals surface area contributed by atoms with Crippen molar-refractivity contribution in [3.05, 3.63) is 91.6 Å². The van der Waals surface area contributed by atoms with Crippen molar-refractivity contribution in [2.75, 3.05) is 0 Å².